The maximum Gasteiger partial charge on any atom is 0.323 e. The van der Waals surface area contributed by atoms with Gasteiger partial charge in [0.05, 0.1) is 14.2 Å². The largest absolute Gasteiger partial charge is 0.478 e. The number of aliphatic hydroxyl groups is 1. The van der Waals surface area contributed by atoms with E-state index in [0.29, 0.717) is 11.0 Å². The molecule has 4 rings (SSSR count). The second kappa shape index (κ2) is 10.4. The van der Waals surface area contributed by atoms with Crippen molar-refractivity contribution in [2.45, 2.75) is 5.92 Å². The summed E-state index contributed by atoms with van der Waals surface area (Å²) in [4.78, 5) is 16.5. The first-order chi connectivity index (χ1) is 16.6. The summed E-state index contributed by atoms with van der Waals surface area (Å²) in [5, 5.41) is 14.8. The second-order valence-corrected chi connectivity index (χ2v) is 11.0. The van der Waals surface area contributed by atoms with Crippen LogP contribution in [0.3, 0.4) is 0 Å². The Morgan fingerprint density at radius 3 is 1.56 bits per heavy atom. The monoisotopic (exact) mass is 472 g/mol. The van der Waals surface area contributed by atoms with Gasteiger partial charge in [-0.05, 0) is 48.5 Å². The van der Waals surface area contributed by atoms with Gasteiger partial charge in [-0.2, -0.15) is 0 Å². The lowest BCUT2D eigenvalue weighted by atomic mass is 10.1. The number of esters is 1. The van der Waals surface area contributed by atoms with Gasteiger partial charge in [0.1, 0.15) is 23.2 Å². The Kier molecular flexibility index (Phi) is 7.15. The summed E-state index contributed by atoms with van der Waals surface area (Å²) >= 11 is 0. The molecule has 0 aliphatic rings. The summed E-state index contributed by atoms with van der Waals surface area (Å²) in [5.74, 6) is -1.71. The van der Waals surface area contributed by atoms with E-state index in [1.807, 2.05) is 103 Å². The van der Waals surface area contributed by atoms with Crippen molar-refractivity contribution in [2.24, 2.45) is 0 Å². The Morgan fingerprint density at radius 1 is 0.735 bits per heavy atom. The molecule has 0 bridgehead atoms. The predicted molar refractivity (Wildman–Crippen MR) is 137 cm³/mol. The van der Waals surface area contributed by atoms with E-state index in [4.69, 9.17) is 9.47 Å². The van der Waals surface area contributed by atoms with Crippen LogP contribution in [0.25, 0.3) is 0 Å². The lowest BCUT2D eigenvalue weighted by Crippen LogP contribution is -2.36. The van der Waals surface area contributed by atoms with Gasteiger partial charge in [-0.1, -0.05) is 54.6 Å². The van der Waals surface area contributed by atoms with Gasteiger partial charge in [-0.15, -0.1) is 0 Å². The highest BCUT2D eigenvalue weighted by molar-refractivity contribution is 7.99. The molecule has 1 unspecified atom stereocenters. The molecule has 0 amide bonds. The summed E-state index contributed by atoms with van der Waals surface area (Å²) in [6, 6.07) is 33.6. The number of aromatic amines is 1. The molecular formula is C28H27NO4P+. The van der Waals surface area contributed by atoms with E-state index in [-0.39, 0.29) is 5.95 Å². The van der Waals surface area contributed by atoms with Crippen LogP contribution in [0, 0.1) is 0 Å². The fourth-order valence-electron chi connectivity index (χ4n) is 4.41. The highest BCUT2D eigenvalue weighted by atomic mass is 31.2. The van der Waals surface area contributed by atoms with Crippen LogP contribution in [0.4, 0.5) is 0 Å². The number of H-pyrrole nitrogens is 1. The van der Waals surface area contributed by atoms with E-state index in [1.165, 1.54) is 14.2 Å². The Labute approximate surface area is 200 Å². The van der Waals surface area contributed by atoms with Crippen molar-refractivity contribution >= 4 is 29.1 Å². The molecule has 4 aromatic rings. The molecular weight excluding hydrogens is 445 g/mol. The Balaban J connectivity index is 2.20. The Morgan fingerprint density at radius 2 is 1.21 bits per heavy atom. The lowest BCUT2D eigenvalue weighted by molar-refractivity contribution is -0.141. The van der Waals surface area contributed by atoms with E-state index in [9.17, 15) is 9.90 Å². The number of nitrogens with one attached hydrogen (secondary N) is 1. The molecule has 6 heteroatoms. The SMILES string of the molecule is COC(=O)C(/C(=C(\O)OC)[P+](c1ccccc1)(c1ccccc1)c1ccccc1)c1ccc[nH]1. The molecule has 0 aliphatic carbocycles. The van der Waals surface area contributed by atoms with Crippen molar-refractivity contribution in [3.8, 4) is 0 Å². The van der Waals surface area contributed by atoms with Crippen LogP contribution in [-0.2, 0) is 14.3 Å². The number of carbonyl (C=O) groups excluding carboxylic acids is 1. The third-order valence-corrected chi connectivity index (χ3v) is 10.2. The van der Waals surface area contributed by atoms with Crippen molar-refractivity contribution in [3.63, 3.8) is 0 Å². The molecule has 0 aliphatic heterocycles. The number of hydrogen-bond acceptors (Lipinski definition) is 4. The van der Waals surface area contributed by atoms with E-state index in [2.05, 4.69) is 4.98 Å². The summed E-state index contributed by atoms with van der Waals surface area (Å²) in [7, 11) is -0.0512. The summed E-state index contributed by atoms with van der Waals surface area (Å²) in [6.07, 6.45) is 1.75. The molecule has 3 aromatic carbocycles. The molecule has 0 radical (unpaired) electrons. The van der Waals surface area contributed by atoms with Gasteiger partial charge in [0.25, 0.3) is 0 Å². The Hall–Kier alpha value is -3.82. The van der Waals surface area contributed by atoms with Crippen molar-refractivity contribution in [1.29, 1.82) is 0 Å². The number of methoxy groups -OCH3 is 2. The van der Waals surface area contributed by atoms with Gasteiger partial charge in [0.15, 0.2) is 11.2 Å². The van der Waals surface area contributed by atoms with Crippen molar-refractivity contribution < 1.29 is 19.4 Å². The predicted octanol–water partition coefficient (Wildman–Crippen LogP) is 4.64. The van der Waals surface area contributed by atoms with Gasteiger partial charge in [-0.3, -0.25) is 4.79 Å². The first kappa shape index (κ1) is 23.3. The number of ether oxygens (including phenoxy) is 2. The number of rotatable bonds is 8. The van der Waals surface area contributed by atoms with Crippen LogP contribution >= 0.6 is 7.26 Å². The normalized spacial score (nSPS) is 13.0. The fraction of sp³-hybridized carbons (Fsp3) is 0.107. The molecule has 34 heavy (non-hydrogen) atoms. The zero-order chi connectivity index (χ0) is 24.0. The lowest BCUT2D eigenvalue weighted by Gasteiger charge is -2.32. The average Bonchev–Trinajstić information content (AvgIpc) is 3.44. The van der Waals surface area contributed by atoms with E-state index < -0.39 is 19.1 Å². The van der Waals surface area contributed by atoms with Crippen molar-refractivity contribution in [2.75, 3.05) is 14.2 Å². The standard InChI is InChI=1S/C28H26NO4P/c1-32-27(30)25(24-19-12-20-29-24)26(28(31)33-2)34(21-13-6-3-7-14-21,22-15-8-4-9-16-22)23-17-10-5-11-18-23/h3-20,25,29H,1-2H3/p+1/b28-26-. The van der Waals surface area contributed by atoms with E-state index >= 15 is 0 Å². The molecule has 172 valence electrons. The van der Waals surface area contributed by atoms with Crippen LogP contribution in [0.15, 0.2) is 121 Å². The van der Waals surface area contributed by atoms with Crippen molar-refractivity contribution in [1.82, 2.24) is 4.98 Å². The maximum absolute atomic E-state index is 13.4. The summed E-state index contributed by atoms with van der Waals surface area (Å²) < 4.78 is 10.8. The van der Waals surface area contributed by atoms with Crippen LogP contribution in [0.5, 0.6) is 0 Å². The van der Waals surface area contributed by atoms with E-state index in [1.54, 1.807) is 6.20 Å². The van der Waals surface area contributed by atoms with Crippen LogP contribution in [0.2, 0.25) is 0 Å². The minimum absolute atomic E-state index is 0.296. The molecule has 0 spiro atoms. The minimum Gasteiger partial charge on any atom is -0.478 e. The quantitative estimate of drug-likeness (QED) is 0.223. The molecule has 2 N–H and O–H groups in total. The molecule has 0 saturated heterocycles. The zero-order valence-corrected chi connectivity index (χ0v) is 20.0. The van der Waals surface area contributed by atoms with Gasteiger partial charge >= 0.3 is 11.9 Å². The third-order valence-electron chi connectivity index (χ3n) is 5.85. The second-order valence-electron chi connectivity index (χ2n) is 7.65. The zero-order valence-electron chi connectivity index (χ0n) is 19.1. The first-order valence-electron chi connectivity index (χ1n) is 10.9. The van der Waals surface area contributed by atoms with E-state index in [0.717, 1.165) is 15.9 Å². The van der Waals surface area contributed by atoms with Crippen LogP contribution in [0.1, 0.15) is 11.6 Å². The number of hydrogen-bond donors (Lipinski definition) is 2. The molecule has 0 fully saturated rings. The highest BCUT2D eigenvalue weighted by Crippen LogP contribution is 2.67. The molecule has 0 saturated carbocycles. The third kappa shape index (κ3) is 4.11. The summed E-state index contributed by atoms with van der Waals surface area (Å²) in [6.45, 7) is 0. The summed E-state index contributed by atoms with van der Waals surface area (Å²) in [5.41, 5.74) is 0.609. The minimum atomic E-state index is -2.82. The van der Waals surface area contributed by atoms with Gasteiger partial charge in [-0.25, -0.2) is 0 Å². The van der Waals surface area contributed by atoms with Gasteiger partial charge < -0.3 is 19.6 Å². The Bertz CT molecular complexity index is 1140. The molecule has 1 aromatic heterocycles. The molecule has 5 nitrogen and oxygen atoms in total. The van der Waals surface area contributed by atoms with Crippen molar-refractivity contribution in [3.05, 3.63) is 126 Å². The smallest absolute Gasteiger partial charge is 0.323 e. The number of benzene rings is 3. The molecule has 1 atom stereocenters. The molecule has 1 heterocycles. The number of carbonyl (C=O) groups is 1. The van der Waals surface area contributed by atoms with Gasteiger partial charge in [0.2, 0.25) is 0 Å². The van der Waals surface area contributed by atoms with Crippen LogP contribution < -0.4 is 15.9 Å². The number of aliphatic hydroxyl groups excluding tert-OH is 1. The first-order valence-corrected chi connectivity index (χ1v) is 12.7. The fourth-order valence-corrected chi connectivity index (χ4v) is 9.01. The average molecular weight is 473 g/mol. The van der Waals surface area contributed by atoms with Gasteiger partial charge in [0, 0.05) is 11.9 Å². The highest BCUT2D eigenvalue weighted by Gasteiger charge is 2.57. The topological polar surface area (TPSA) is 71.6 Å². The maximum atomic E-state index is 13.4. The van der Waals surface area contributed by atoms with Crippen LogP contribution in [-0.4, -0.2) is 30.3 Å². The number of aromatic nitrogens is 1.